The van der Waals surface area contributed by atoms with Crippen LogP contribution in [0, 0.1) is 31.1 Å². The number of hydrogen-bond acceptors (Lipinski definition) is 9. The molecule has 0 unspecified atom stereocenters. The van der Waals surface area contributed by atoms with Crippen LogP contribution in [0.5, 0.6) is 5.88 Å². The lowest BCUT2D eigenvalue weighted by Gasteiger charge is -2.63. The van der Waals surface area contributed by atoms with Gasteiger partial charge in [-0.25, -0.2) is 27.9 Å². The highest BCUT2D eigenvalue weighted by atomic mass is 32.2. The lowest BCUT2D eigenvalue weighted by molar-refractivity contribution is -0.119. The van der Waals surface area contributed by atoms with E-state index in [-0.39, 0.29) is 40.4 Å². The van der Waals surface area contributed by atoms with Gasteiger partial charge in [0.25, 0.3) is 10.0 Å². The fourth-order valence-electron chi connectivity index (χ4n) is 8.55. The number of sulfonamides is 1. The summed E-state index contributed by atoms with van der Waals surface area (Å²) in [5.74, 6) is 0.0730. The molecule has 3 fully saturated rings. The lowest BCUT2D eigenvalue weighted by Crippen LogP contribution is -2.55. The van der Waals surface area contributed by atoms with E-state index in [0.717, 1.165) is 58.4 Å². The molecule has 3 aliphatic carbocycles. The monoisotopic (exact) mass is 779 g/mol. The number of nitrogens with one attached hydrogen (secondary N) is 2. The summed E-state index contributed by atoms with van der Waals surface area (Å²) in [5, 5.41) is 13.3. The van der Waals surface area contributed by atoms with Gasteiger partial charge in [-0.3, -0.25) is 4.98 Å². The summed E-state index contributed by atoms with van der Waals surface area (Å²) in [6.45, 7) is 15.6. The molecule has 3 aromatic heterocycles. The molecule has 3 aliphatic rings. The Morgan fingerprint density at radius 2 is 1.79 bits per heavy atom. The Balaban J connectivity index is 1.21. The van der Waals surface area contributed by atoms with E-state index < -0.39 is 16.0 Å². The molecule has 2 aromatic carbocycles. The van der Waals surface area contributed by atoms with Crippen LogP contribution in [0.4, 0.5) is 5.95 Å². The summed E-state index contributed by atoms with van der Waals surface area (Å²) in [4.78, 5) is 30.7. The van der Waals surface area contributed by atoms with Gasteiger partial charge in [0, 0.05) is 41.9 Å². The first-order valence-electron chi connectivity index (χ1n) is 19.4. The molecular weight excluding hydrogens is 727 g/mol. The van der Waals surface area contributed by atoms with E-state index in [1.807, 2.05) is 39.2 Å². The van der Waals surface area contributed by atoms with Crippen molar-refractivity contribution in [3.05, 3.63) is 88.4 Å². The van der Waals surface area contributed by atoms with Crippen molar-refractivity contribution in [1.82, 2.24) is 29.8 Å². The molecule has 3 saturated carbocycles. The number of anilines is 1. The molecule has 5 aromatic rings. The number of aryl methyl sites for hydroxylation is 2. The first-order valence-corrected chi connectivity index (χ1v) is 20.9. The first-order chi connectivity index (χ1) is 26.4. The molecule has 0 amide bonds. The van der Waals surface area contributed by atoms with Crippen LogP contribution in [0.2, 0.25) is 0 Å². The summed E-state index contributed by atoms with van der Waals surface area (Å²) in [5.41, 5.74) is 8.11. The number of carboxylic acids is 1. The third kappa shape index (κ3) is 8.02. The van der Waals surface area contributed by atoms with Crippen molar-refractivity contribution in [3.8, 4) is 17.1 Å². The molecule has 3 heterocycles. The van der Waals surface area contributed by atoms with Gasteiger partial charge in [-0.05, 0) is 98.6 Å². The zero-order valence-electron chi connectivity index (χ0n) is 33.6. The molecule has 296 valence electrons. The summed E-state index contributed by atoms with van der Waals surface area (Å²) < 4.78 is 38.7. The minimum absolute atomic E-state index is 0.0418. The number of ether oxygens (including phenoxy) is 1. The predicted molar refractivity (Wildman–Crippen MR) is 217 cm³/mol. The summed E-state index contributed by atoms with van der Waals surface area (Å²) in [6, 6.07) is 13.4. The minimum Gasteiger partial charge on any atom is -0.478 e. The van der Waals surface area contributed by atoms with Crippen LogP contribution in [0.1, 0.15) is 98.7 Å². The van der Waals surface area contributed by atoms with Gasteiger partial charge >= 0.3 is 5.97 Å². The van der Waals surface area contributed by atoms with Gasteiger partial charge in [0.2, 0.25) is 11.8 Å². The number of carboxylic acid groups (broad SMARTS) is 1. The fourth-order valence-corrected chi connectivity index (χ4v) is 9.53. The SMILES string of the molecule is Cc1cccc(CC(C)C)c1-c1nc(NS(=O)(=O)c2cccc(C(=O)O)c2)nc(OC[C@@H](CC23CC(C2)C3)NCc2cnc3cc(C(C)(C)C)n(C)c3n2)c1C. The van der Waals surface area contributed by atoms with Crippen LogP contribution in [-0.2, 0) is 35.5 Å². The highest BCUT2D eigenvalue weighted by Crippen LogP contribution is 2.66. The number of aromatic nitrogens is 5. The van der Waals surface area contributed by atoms with Crippen molar-refractivity contribution in [3.63, 3.8) is 0 Å². The maximum Gasteiger partial charge on any atom is 0.335 e. The van der Waals surface area contributed by atoms with E-state index in [1.54, 1.807) is 0 Å². The Bertz CT molecular complexity index is 2400. The van der Waals surface area contributed by atoms with Crippen molar-refractivity contribution in [1.29, 1.82) is 0 Å². The molecule has 3 N–H and O–H groups in total. The smallest absolute Gasteiger partial charge is 0.335 e. The Morgan fingerprint density at radius 3 is 2.45 bits per heavy atom. The van der Waals surface area contributed by atoms with Crippen molar-refractivity contribution in [2.75, 3.05) is 11.3 Å². The summed E-state index contributed by atoms with van der Waals surface area (Å²) in [7, 11) is -2.23. The molecule has 0 spiro atoms. The van der Waals surface area contributed by atoms with Crippen LogP contribution in [0.15, 0.2) is 59.6 Å². The van der Waals surface area contributed by atoms with Crippen molar-refractivity contribution in [2.24, 2.45) is 24.3 Å². The van der Waals surface area contributed by atoms with Gasteiger partial charge in [0.15, 0.2) is 5.65 Å². The fraction of sp³-hybridized carbons (Fsp3) is 0.465. The van der Waals surface area contributed by atoms with Gasteiger partial charge < -0.3 is 19.7 Å². The number of carbonyl (C=O) groups is 1. The third-order valence-corrected chi connectivity index (χ3v) is 12.7. The first kappa shape index (κ1) is 39.4. The zero-order chi connectivity index (χ0) is 40.2. The molecule has 0 saturated heterocycles. The number of nitrogens with zero attached hydrogens (tertiary/aromatic N) is 5. The van der Waals surface area contributed by atoms with Crippen molar-refractivity contribution < 1.29 is 23.1 Å². The number of hydrogen-bond donors (Lipinski definition) is 3. The number of benzene rings is 2. The molecule has 0 aliphatic heterocycles. The summed E-state index contributed by atoms with van der Waals surface area (Å²) in [6.07, 6.45) is 7.26. The zero-order valence-corrected chi connectivity index (χ0v) is 34.4. The van der Waals surface area contributed by atoms with Crippen LogP contribution in [0.25, 0.3) is 22.4 Å². The Labute approximate surface area is 329 Å². The third-order valence-electron chi connectivity index (χ3n) is 11.3. The molecule has 2 bridgehead atoms. The average Bonchev–Trinajstić information content (AvgIpc) is 3.43. The van der Waals surface area contributed by atoms with Crippen molar-refractivity contribution in [2.45, 2.75) is 103 Å². The largest absolute Gasteiger partial charge is 0.478 e. The average molecular weight is 780 g/mol. The van der Waals surface area contributed by atoms with Crippen LogP contribution >= 0.6 is 0 Å². The van der Waals surface area contributed by atoms with Gasteiger partial charge in [0.05, 0.1) is 28.0 Å². The number of aromatic carboxylic acids is 1. The van der Waals surface area contributed by atoms with E-state index in [4.69, 9.17) is 19.7 Å². The van der Waals surface area contributed by atoms with E-state index in [9.17, 15) is 18.3 Å². The normalized spacial score (nSPS) is 18.4. The number of fused-ring (bicyclic) bond motifs is 1. The molecule has 1 atom stereocenters. The quantitative estimate of drug-likeness (QED) is 0.0958. The summed E-state index contributed by atoms with van der Waals surface area (Å²) >= 11 is 0. The van der Waals surface area contributed by atoms with E-state index >= 15 is 0 Å². The number of rotatable bonds is 15. The standard InChI is InChI=1S/C43H53N7O5S/c1-25(2)15-29-12-9-11-26(3)36(29)37-27(4)39(48-41(47-37)49-56(53,54)33-14-10-13-30(16-33)40(51)52)55-24-31(21-43-18-28(19-43)20-43)44-22-32-23-45-34-17-35(42(5,6)7)50(8)38(34)46-32/h9-14,16-17,23,25,28,31,44H,15,18-22,24H2,1-8H3,(H,51,52)(H,47,48,49)/t28?,31-,43?/m1/s1. The molecule has 13 heteroatoms. The van der Waals surface area contributed by atoms with Crippen LogP contribution < -0.4 is 14.8 Å². The van der Waals surface area contributed by atoms with Crippen molar-refractivity contribution >= 4 is 33.1 Å². The van der Waals surface area contributed by atoms with Gasteiger partial charge in [-0.2, -0.15) is 4.98 Å². The Kier molecular flexibility index (Phi) is 10.5. The molecular formula is C43H53N7O5S. The molecule has 0 radical (unpaired) electrons. The second-order valence-corrected chi connectivity index (χ2v) is 19.1. The second kappa shape index (κ2) is 14.9. The van der Waals surface area contributed by atoms with Crippen LogP contribution in [0.3, 0.4) is 0 Å². The highest BCUT2D eigenvalue weighted by Gasteiger charge is 2.56. The maximum atomic E-state index is 13.7. The second-order valence-electron chi connectivity index (χ2n) is 17.5. The minimum atomic E-state index is -4.27. The van der Waals surface area contributed by atoms with E-state index in [1.165, 1.54) is 43.2 Å². The van der Waals surface area contributed by atoms with Gasteiger partial charge in [-0.1, -0.05) is 58.9 Å². The van der Waals surface area contributed by atoms with Gasteiger partial charge in [-0.15, -0.1) is 0 Å². The van der Waals surface area contributed by atoms with Gasteiger partial charge in [0.1, 0.15) is 12.1 Å². The highest BCUT2D eigenvalue weighted by molar-refractivity contribution is 7.92. The molecule has 8 rings (SSSR count). The maximum absolute atomic E-state index is 13.7. The van der Waals surface area contributed by atoms with E-state index in [0.29, 0.717) is 29.1 Å². The van der Waals surface area contributed by atoms with Crippen LogP contribution in [-0.4, -0.2) is 56.6 Å². The molecule has 12 nitrogen and oxygen atoms in total. The van der Waals surface area contributed by atoms with E-state index in [2.05, 4.69) is 66.3 Å². The lowest BCUT2D eigenvalue weighted by atomic mass is 9.43. The predicted octanol–water partition coefficient (Wildman–Crippen LogP) is 7.76. The topological polar surface area (TPSA) is 161 Å². The Morgan fingerprint density at radius 1 is 1.05 bits per heavy atom. The Hall–Kier alpha value is -4.88. The molecule has 56 heavy (non-hydrogen) atoms.